The third-order valence-electron chi connectivity index (χ3n) is 3.65. The van der Waals surface area contributed by atoms with Gasteiger partial charge >= 0.3 is 0 Å². The summed E-state index contributed by atoms with van der Waals surface area (Å²) in [5.74, 6) is 1.25. The largest absolute Gasteiger partial charge is 0.310 e. The van der Waals surface area contributed by atoms with Crippen molar-refractivity contribution in [3.8, 4) is 5.95 Å². The van der Waals surface area contributed by atoms with Gasteiger partial charge in [-0.2, -0.15) is 9.78 Å². The van der Waals surface area contributed by atoms with Crippen LogP contribution in [0.4, 0.5) is 5.82 Å². The van der Waals surface area contributed by atoms with E-state index < -0.39 is 0 Å². The molecule has 1 N–H and O–H groups in total. The Bertz CT molecular complexity index is 913. The molecule has 0 atom stereocenters. The van der Waals surface area contributed by atoms with Gasteiger partial charge in [-0.05, 0) is 45.9 Å². The highest BCUT2D eigenvalue weighted by Crippen LogP contribution is 2.20. The molecule has 0 saturated heterocycles. The van der Waals surface area contributed by atoms with Gasteiger partial charge in [0.15, 0.2) is 0 Å². The van der Waals surface area contributed by atoms with Crippen LogP contribution >= 0.6 is 11.8 Å². The first kappa shape index (κ1) is 18.1. The Morgan fingerprint density at radius 2 is 1.65 bits per heavy atom. The minimum Gasteiger partial charge on any atom is -0.310 e. The maximum absolute atomic E-state index is 12.4. The summed E-state index contributed by atoms with van der Waals surface area (Å²) in [7, 11) is 0. The van der Waals surface area contributed by atoms with Crippen LogP contribution in [0.1, 0.15) is 22.6 Å². The number of nitrogens with one attached hydrogen (secondary N) is 1. The zero-order chi connectivity index (χ0) is 18.7. The lowest BCUT2D eigenvalue weighted by Crippen LogP contribution is -2.18. The molecule has 1 aromatic carbocycles. The van der Waals surface area contributed by atoms with E-state index in [2.05, 4.69) is 20.4 Å². The number of aromatic nitrogens is 4. The molecule has 0 fully saturated rings. The Labute approximate surface area is 157 Å². The summed E-state index contributed by atoms with van der Waals surface area (Å²) >= 11 is 1.50. The van der Waals surface area contributed by atoms with Crippen LogP contribution in [0.25, 0.3) is 5.95 Å². The molecule has 0 spiro atoms. The molecule has 6 nitrogen and oxygen atoms in total. The van der Waals surface area contributed by atoms with Gasteiger partial charge in [0.1, 0.15) is 5.82 Å². The van der Waals surface area contributed by atoms with Crippen LogP contribution < -0.4 is 5.32 Å². The molecule has 2 heterocycles. The second kappa shape index (κ2) is 7.70. The van der Waals surface area contributed by atoms with Crippen LogP contribution in [0.3, 0.4) is 0 Å². The first-order valence-corrected chi connectivity index (χ1v) is 9.28. The average Bonchev–Trinajstić information content (AvgIpc) is 2.94. The van der Waals surface area contributed by atoms with Crippen LogP contribution in [0.2, 0.25) is 0 Å². The number of rotatable bonds is 5. The van der Waals surface area contributed by atoms with Crippen LogP contribution in [0.5, 0.6) is 0 Å². The van der Waals surface area contributed by atoms with Crippen molar-refractivity contribution >= 4 is 23.5 Å². The summed E-state index contributed by atoms with van der Waals surface area (Å²) in [6.45, 7) is 7.73. The van der Waals surface area contributed by atoms with Gasteiger partial charge < -0.3 is 5.32 Å². The van der Waals surface area contributed by atoms with Gasteiger partial charge in [0.25, 0.3) is 5.95 Å². The fourth-order valence-corrected chi connectivity index (χ4v) is 3.20. The van der Waals surface area contributed by atoms with Crippen molar-refractivity contribution in [2.75, 3.05) is 11.1 Å². The van der Waals surface area contributed by atoms with Crippen molar-refractivity contribution in [1.82, 2.24) is 19.7 Å². The molecule has 0 aliphatic heterocycles. The minimum atomic E-state index is -0.0962. The summed E-state index contributed by atoms with van der Waals surface area (Å²) in [5, 5.41) is 7.33. The van der Waals surface area contributed by atoms with E-state index in [0.717, 1.165) is 22.0 Å². The molecule has 0 saturated carbocycles. The first-order valence-electron chi connectivity index (χ1n) is 8.29. The topological polar surface area (TPSA) is 72.7 Å². The van der Waals surface area contributed by atoms with Gasteiger partial charge in [-0.3, -0.25) is 4.79 Å². The maximum Gasteiger partial charge on any atom is 0.252 e. The normalized spacial score (nSPS) is 10.8. The monoisotopic (exact) mass is 367 g/mol. The van der Waals surface area contributed by atoms with Gasteiger partial charge in [-0.1, -0.05) is 17.7 Å². The first-order chi connectivity index (χ1) is 12.4. The van der Waals surface area contributed by atoms with Crippen molar-refractivity contribution in [3.63, 3.8) is 0 Å². The molecule has 1 amide bonds. The van der Waals surface area contributed by atoms with Crippen LogP contribution in [0, 0.1) is 27.7 Å². The Morgan fingerprint density at radius 1 is 1.00 bits per heavy atom. The lowest BCUT2D eigenvalue weighted by molar-refractivity contribution is -0.113. The molecule has 3 rings (SSSR count). The Kier molecular flexibility index (Phi) is 5.37. The number of benzene rings is 1. The zero-order valence-electron chi connectivity index (χ0n) is 15.3. The molecule has 2 aromatic heterocycles. The highest BCUT2D eigenvalue weighted by Gasteiger charge is 2.14. The molecule has 26 heavy (non-hydrogen) atoms. The van der Waals surface area contributed by atoms with E-state index in [1.165, 1.54) is 17.3 Å². The van der Waals surface area contributed by atoms with Crippen molar-refractivity contribution < 1.29 is 4.79 Å². The number of carbonyl (C=O) groups is 1. The van der Waals surface area contributed by atoms with Crippen molar-refractivity contribution in [2.24, 2.45) is 0 Å². The van der Waals surface area contributed by atoms with Crippen LogP contribution in [-0.2, 0) is 4.79 Å². The van der Waals surface area contributed by atoms with E-state index in [9.17, 15) is 4.79 Å². The number of thioether (sulfide) groups is 1. The maximum atomic E-state index is 12.4. The molecule has 0 aliphatic rings. The van der Waals surface area contributed by atoms with E-state index in [1.54, 1.807) is 4.68 Å². The Morgan fingerprint density at radius 3 is 2.31 bits per heavy atom. The van der Waals surface area contributed by atoms with Crippen LogP contribution in [-0.4, -0.2) is 31.4 Å². The average molecular weight is 367 g/mol. The molecule has 134 valence electrons. The molecule has 0 radical (unpaired) electrons. The molecular formula is C19H21N5OS. The van der Waals surface area contributed by atoms with E-state index in [-0.39, 0.29) is 5.91 Å². The quantitative estimate of drug-likeness (QED) is 0.697. The highest BCUT2D eigenvalue weighted by atomic mass is 32.2. The van der Waals surface area contributed by atoms with Gasteiger partial charge in [0.2, 0.25) is 5.91 Å². The van der Waals surface area contributed by atoms with Crippen molar-refractivity contribution in [3.05, 3.63) is 59.0 Å². The summed E-state index contributed by atoms with van der Waals surface area (Å²) in [4.78, 5) is 22.3. The lowest BCUT2D eigenvalue weighted by Gasteiger charge is -2.09. The summed E-state index contributed by atoms with van der Waals surface area (Å²) in [6, 6.07) is 11.8. The van der Waals surface area contributed by atoms with Crippen molar-refractivity contribution in [2.45, 2.75) is 32.6 Å². The summed E-state index contributed by atoms with van der Waals surface area (Å²) in [5.41, 5.74) is 3.70. The van der Waals surface area contributed by atoms with Gasteiger partial charge in [0, 0.05) is 22.3 Å². The fraction of sp³-hybridized carbons (Fsp3) is 0.263. The number of hydrogen-bond acceptors (Lipinski definition) is 5. The predicted octanol–water partition coefficient (Wildman–Crippen LogP) is 3.63. The second-order valence-electron chi connectivity index (χ2n) is 6.18. The van der Waals surface area contributed by atoms with E-state index >= 15 is 0 Å². The van der Waals surface area contributed by atoms with E-state index in [0.29, 0.717) is 17.5 Å². The SMILES string of the molecule is Cc1ccc(SCC(=O)Nc2cc(C)nn2-c2nc(C)cc(C)n2)cc1. The number of hydrogen-bond donors (Lipinski definition) is 1. The number of carbonyl (C=O) groups excluding carboxylic acids is 1. The highest BCUT2D eigenvalue weighted by molar-refractivity contribution is 8.00. The Hall–Kier alpha value is -2.67. The van der Waals surface area contributed by atoms with E-state index in [4.69, 9.17) is 0 Å². The zero-order valence-corrected chi connectivity index (χ0v) is 16.1. The standard InChI is InChI=1S/C19H21N5OS/c1-12-5-7-16(8-6-12)26-11-18(25)22-17-10-15(4)23-24(17)19-20-13(2)9-14(3)21-19/h5-10H,11H2,1-4H3,(H,22,25). The molecule has 0 bridgehead atoms. The van der Waals surface area contributed by atoms with Gasteiger partial charge in [-0.15, -0.1) is 11.8 Å². The molecular weight excluding hydrogens is 346 g/mol. The van der Waals surface area contributed by atoms with Crippen LogP contribution in [0.15, 0.2) is 41.3 Å². The predicted molar refractivity (Wildman–Crippen MR) is 104 cm³/mol. The Balaban J connectivity index is 1.73. The number of aryl methyl sites for hydroxylation is 4. The number of anilines is 1. The summed E-state index contributed by atoms with van der Waals surface area (Å²) in [6.07, 6.45) is 0. The van der Waals surface area contributed by atoms with Gasteiger partial charge in [0.05, 0.1) is 11.4 Å². The lowest BCUT2D eigenvalue weighted by atomic mass is 10.2. The third kappa shape index (κ3) is 4.49. The molecule has 3 aromatic rings. The summed E-state index contributed by atoms with van der Waals surface area (Å²) < 4.78 is 1.57. The molecule has 0 aliphatic carbocycles. The van der Waals surface area contributed by atoms with Gasteiger partial charge in [-0.25, -0.2) is 9.97 Å². The van der Waals surface area contributed by atoms with Crippen molar-refractivity contribution in [1.29, 1.82) is 0 Å². The van der Waals surface area contributed by atoms with E-state index in [1.807, 2.05) is 64.1 Å². The fourth-order valence-electron chi connectivity index (χ4n) is 2.51. The third-order valence-corrected chi connectivity index (χ3v) is 4.66. The molecule has 0 unspecified atom stereocenters. The minimum absolute atomic E-state index is 0.0962. The number of amides is 1. The second-order valence-corrected chi connectivity index (χ2v) is 7.23. The number of nitrogens with zero attached hydrogens (tertiary/aromatic N) is 4. The smallest absolute Gasteiger partial charge is 0.252 e. The molecule has 7 heteroatoms.